The number of carbonyl (C=O) groups excluding carboxylic acids is 1. The number of amides is 1. The number of benzene rings is 2. The average Bonchev–Trinajstić information content (AvgIpc) is 2.61. The summed E-state index contributed by atoms with van der Waals surface area (Å²) >= 11 is 0. The lowest BCUT2D eigenvalue weighted by Gasteiger charge is -2.30. The minimum absolute atomic E-state index is 0.0824. The van der Waals surface area contributed by atoms with Gasteiger partial charge in [-0.2, -0.15) is 13.2 Å². The van der Waals surface area contributed by atoms with E-state index in [9.17, 15) is 26.4 Å². The van der Waals surface area contributed by atoms with Gasteiger partial charge in [0.1, 0.15) is 0 Å². The quantitative estimate of drug-likeness (QED) is 0.828. The Labute approximate surface area is 154 Å². The number of hydrogen-bond acceptors (Lipinski definition) is 4. The van der Waals surface area contributed by atoms with Crippen molar-refractivity contribution >= 4 is 27.3 Å². The maximum Gasteiger partial charge on any atom is 0.416 e. The third-order valence-corrected chi connectivity index (χ3v) is 5.40. The summed E-state index contributed by atoms with van der Waals surface area (Å²) < 4.78 is 65.5. The van der Waals surface area contributed by atoms with E-state index in [1.54, 1.807) is 23.1 Å². The number of anilines is 2. The third kappa shape index (κ3) is 4.33. The summed E-state index contributed by atoms with van der Waals surface area (Å²) in [6, 6.07) is 9.78. The van der Waals surface area contributed by atoms with E-state index in [4.69, 9.17) is 0 Å². The number of piperazine rings is 1. The first kappa shape index (κ1) is 19.0. The molecule has 1 aliphatic rings. The minimum Gasteiger partial charge on any atom is -0.359 e. The van der Waals surface area contributed by atoms with Crippen LogP contribution in [0.15, 0.2) is 53.4 Å². The fourth-order valence-corrected chi connectivity index (χ4v) is 3.78. The van der Waals surface area contributed by atoms with Crippen molar-refractivity contribution in [1.82, 2.24) is 5.32 Å². The molecule has 0 radical (unpaired) electrons. The number of para-hydroxylation sites is 2. The molecule has 6 nitrogen and oxygen atoms in total. The standard InChI is InChI=1S/C17H16F3N3O3S/c18-17(19,20)12-5-7-13(8-6-12)27(25,26)22-14-3-1-2-4-15(14)23-10-9-21-16(24)11-23/h1-8,22H,9-11H2,(H,21,24). The molecule has 1 saturated heterocycles. The van der Waals surface area contributed by atoms with Crippen LogP contribution in [0.3, 0.4) is 0 Å². The monoisotopic (exact) mass is 399 g/mol. The molecule has 2 aromatic carbocycles. The van der Waals surface area contributed by atoms with Crippen LogP contribution in [-0.4, -0.2) is 34.0 Å². The van der Waals surface area contributed by atoms with Gasteiger partial charge in [-0.1, -0.05) is 12.1 Å². The smallest absolute Gasteiger partial charge is 0.359 e. The van der Waals surface area contributed by atoms with Crippen LogP contribution in [0.1, 0.15) is 5.56 Å². The van der Waals surface area contributed by atoms with Crippen LogP contribution in [0, 0.1) is 0 Å². The summed E-state index contributed by atoms with van der Waals surface area (Å²) in [6.45, 7) is 1.02. The number of hydrogen-bond donors (Lipinski definition) is 2. The van der Waals surface area contributed by atoms with Gasteiger partial charge >= 0.3 is 6.18 Å². The van der Waals surface area contributed by atoms with Crippen molar-refractivity contribution in [3.05, 3.63) is 54.1 Å². The summed E-state index contributed by atoms with van der Waals surface area (Å²) in [7, 11) is -4.09. The van der Waals surface area contributed by atoms with Gasteiger partial charge in [-0.25, -0.2) is 8.42 Å². The summed E-state index contributed by atoms with van der Waals surface area (Å²) in [5, 5.41) is 2.68. The molecule has 0 aromatic heterocycles. The second-order valence-corrected chi connectivity index (χ2v) is 7.60. The number of sulfonamides is 1. The molecule has 27 heavy (non-hydrogen) atoms. The SMILES string of the molecule is O=C1CN(c2ccccc2NS(=O)(=O)c2ccc(C(F)(F)F)cc2)CCN1. The van der Waals surface area contributed by atoms with Crippen LogP contribution in [-0.2, 0) is 21.0 Å². The van der Waals surface area contributed by atoms with Crippen molar-refractivity contribution in [2.75, 3.05) is 29.3 Å². The van der Waals surface area contributed by atoms with Gasteiger partial charge in [-0.15, -0.1) is 0 Å². The van der Waals surface area contributed by atoms with Crippen molar-refractivity contribution in [1.29, 1.82) is 0 Å². The third-order valence-electron chi connectivity index (χ3n) is 4.02. The maximum absolute atomic E-state index is 12.7. The Morgan fingerprint density at radius 1 is 1.04 bits per heavy atom. The summed E-state index contributed by atoms with van der Waals surface area (Å²) in [6.07, 6.45) is -4.54. The van der Waals surface area contributed by atoms with E-state index in [1.165, 1.54) is 6.07 Å². The van der Waals surface area contributed by atoms with E-state index >= 15 is 0 Å². The molecule has 0 saturated carbocycles. The Bertz CT molecular complexity index is 944. The number of carbonyl (C=O) groups is 1. The van der Waals surface area contributed by atoms with Crippen molar-refractivity contribution < 1.29 is 26.4 Å². The fourth-order valence-electron chi connectivity index (χ4n) is 2.71. The van der Waals surface area contributed by atoms with Crippen molar-refractivity contribution in [2.24, 2.45) is 0 Å². The second-order valence-electron chi connectivity index (χ2n) is 5.92. The molecular formula is C17H16F3N3O3S. The molecule has 3 rings (SSSR count). The van der Waals surface area contributed by atoms with Gasteiger partial charge in [0.25, 0.3) is 10.0 Å². The molecule has 1 amide bonds. The highest BCUT2D eigenvalue weighted by Gasteiger charge is 2.30. The summed E-state index contributed by atoms with van der Waals surface area (Å²) in [4.78, 5) is 13.0. The Balaban J connectivity index is 1.87. The molecule has 1 aliphatic heterocycles. The molecule has 2 N–H and O–H groups in total. The Kier molecular flexibility index (Phi) is 5.01. The van der Waals surface area contributed by atoms with Crippen molar-refractivity contribution in [3.63, 3.8) is 0 Å². The normalized spacial score (nSPS) is 15.4. The Morgan fingerprint density at radius 2 is 1.70 bits per heavy atom. The van der Waals surface area contributed by atoms with Crippen molar-refractivity contribution in [3.8, 4) is 0 Å². The molecule has 1 heterocycles. The van der Waals surface area contributed by atoms with Crippen molar-refractivity contribution in [2.45, 2.75) is 11.1 Å². The van der Waals surface area contributed by atoms with Crippen LogP contribution in [0.2, 0.25) is 0 Å². The van der Waals surface area contributed by atoms with Gasteiger partial charge in [0, 0.05) is 13.1 Å². The zero-order valence-electron chi connectivity index (χ0n) is 14.0. The zero-order chi connectivity index (χ0) is 19.7. The predicted octanol–water partition coefficient (Wildman–Crippen LogP) is 2.44. The zero-order valence-corrected chi connectivity index (χ0v) is 14.8. The molecular weight excluding hydrogens is 383 g/mol. The van der Waals surface area contributed by atoms with Crippen LogP contribution < -0.4 is 14.9 Å². The Morgan fingerprint density at radius 3 is 2.33 bits per heavy atom. The average molecular weight is 399 g/mol. The molecule has 0 unspecified atom stereocenters. The first-order valence-corrected chi connectivity index (χ1v) is 9.46. The van der Waals surface area contributed by atoms with Crippen LogP contribution in [0.4, 0.5) is 24.5 Å². The molecule has 10 heteroatoms. The molecule has 144 valence electrons. The lowest BCUT2D eigenvalue weighted by atomic mass is 10.2. The lowest BCUT2D eigenvalue weighted by molar-refractivity contribution is -0.137. The predicted molar refractivity (Wildman–Crippen MR) is 93.9 cm³/mol. The van der Waals surface area contributed by atoms with Crippen LogP contribution in [0.5, 0.6) is 0 Å². The summed E-state index contributed by atoms with van der Waals surface area (Å²) in [5.41, 5.74) is -0.170. The number of nitrogens with one attached hydrogen (secondary N) is 2. The van der Waals surface area contributed by atoms with Gasteiger partial charge in [0.05, 0.1) is 28.4 Å². The van der Waals surface area contributed by atoms with Gasteiger partial charge in [0.2, 0.25) is 5.91 Å². The number of rotatable bonds is 4. The van der Waals surface area contributed by atoms with Gasteiger partial charge < -0.3 is 10.2 Å². The number of halogens is 3. The lowest BCUT2D eigenvalue weighted by Crippen LogP contribution is -2.47. The fraction of sp³-hybridized carbons (Fsp3) is 0.235. The molecule has 2 aromatic rings. The molecule has 0 bridgehead atoms. The van der Waals surface area contributed by atoms with E-state index < -0.39 is 21.8 Å². The minimum atomic E-state index is -4.54. The topological polar surface area (TPSA) is 78.5 Å². The first-order valence-electron chi connectivity index (χ1n) is 7.97. The Hall–Kier alpha value is -2.75. The van der Waals surface area contributed by atoms with Gasteiger partial charge in [-0.3, -0.25) is 9.52 Å². The van der Waals surface area contributed by atoms with E-state index in [2.05, 4.69) is 10.0 Å². The molecule has 0 aliphatic carbocycles. The summed E-state index contributed by atoms with van der Waals surface area (Å²) in [5.74, 6) is -0.179. The van der Waals surface area contributed by atoms with Gasteiger partial charge in [0.15, 0.2) is 0 Å². The first-order chi connectivity index (χ1) is 12.7. The molecule has 1 fully saturated rings. The highest BCUT2D eigenvalue weighted by atomic mass is 32.2. The van der Waals surface area contributed by atoms with Crippen LogP contribution >= 0.6 is 0 Å². The van der Waals surface area contributed by atoms with E-state index in [1.807, 2.05) is 0 Å². The molecule has 0 atom stereocenters. The van der Waals surface area contributed by atoms with Gasteiger partial charge in [-0.05, 0) is 36.4 Å². The van der Waals surface area contributed by atoms with E-state index in [0.29, 0.717) is 18.8 Å². The number of nitrogens with zero attached hydrogens (tertiary/aromatic N) is 1. The maximum atomic E-state index is 12.7. The van der Waals surface area contributed by atoms with E-state index in [-0.39, 0.29) is 23.0 Å². The van der Waals surface area contributed by atoms with E-state index in [0.717, 1.165) is 24.3 Å². The number of alkyl halides is 3. The highest BCUT2D eigenvalue weighted by Crippen LogP contribution is 2.31. The largest absolute Gasteiger partial charge is 0.416 e. The highest BCUT2D eigenvalue weighted by molar-refractivity contribution is 7.92. The molecule has 0 spiro atoms. The van der Waals surface area contributed by atoms with Crippen LogP contribution in [0.25, 0.3) is 0 Å². The second kappa shape index (κ2) is 7.10.